The fourth-order valence-corrected chi connectivity index (χ4v) is 2.86. The molecule has 0 radical (unpaired) electrons. The molecule has 0 aliphatic carbocycles. The Morgan fingerprint density at radius 1 is 1.33 bits per heavy atom. The number of nitrogens with two attached hydrogens (primary N) is 1. The van der Waals surface area contributed by atoms with Gasteiger partial charge in [0.05, 0.1) is 17.7 Å². The molecule has 1 fully saturated rings. The predicted molar refractivity (Wildman–Crippen MR) is 76.3 cm³/mol. The number of piperidine rings is 1. The van der Waals surface area contributed by atoms with Crippen LogP contribution >= 0.6 is 11.6 Å². The number of hydrogen-bond donors (Lipinski definition) is 2. The number of rotatable bonds is 3. The van der Waals surface area contributed by atoms with Crippen LogP contribution in [0.4, 0.5) is 5.69 Å². The molecule has 0 bridgehead atoms. The van der Waals surface area contributed by atoms with E-state index >= 15 is 0 Å². The summed E-state index contributed by atoms with van der Waals surface area (Å²) < 4.78 is 0. The van der Waals surface area contributed by atoms with E-state index in [-0.39, 0.29) is 6.61 Å². The predicted octanol–water partition coefficient (Wildman–Crippen LogP) is 2.63. The summed E-state index contributed by atoms with van der Waals surface area (Å²) in [6, 6.07) is 3.63. The highest BCUT2D eigenvalue weighted by molar-refractivity contribution is 6.32. The van der Waals surface area contributed by atoms with Gasteiger partial charge in [-0.15, -0.1) is 0 Å². The van der Waals surface area contributed by atoms with Crippen molar-refractivity contribution in [2.24, 2.45) is 5.73 Å². The third kappa shape index (κ3) is 2.63. The van der Waals surface area contributed by atoms with Crippen molar-refractivity contribution < 1.29 is 5.11 Å². The Morgan fingerprint density at radius 2 is 2.00 bits per heavy atom. The number of hydrogen-bond acceptors (Lipinski definition) is 3. The number of aliphatic hydroxyl groups excluding tert-OH is 1. The highest BCUT2D eigenvalue weighted by atomic mass is 35.5. The number of aliphatic hydroxyl groups is 1. The Labute approximate surface area is 114 Å². The Bertz CT molecular complexity index is 417. The molecule has 1 aromatic rings. The van der Waals surface area contributed by atoms with E-state index in [0.29, 0.717) is 5.02 Å². The average molecular weight is 269 g/mol. The molecule has 1 aliphatic heterocycles. The fourth-order valence-electron chi connectivity index (χ4n) is 2.56. The summed E-state index contributed by atoms with van der Waals surface area (Å²) in [5, 5.41) is 9.82. The van der Waals surface area contributed by atoms with E-state index in [9.17, 15) is 0 Å². The first-order valence-electron chi connectivity index (χ1n) is 6.55. The van der Waals surface area contributed by atoms with E-state index in [0.717, 1.165) is 24.2 Å². The van der Waals surface area contributed by atoms with Gasteiger partial charge in [0, 0.05) is 18.8 Å². The molecule has 4 heteroatoms. The Hall–Kier alpha value is -0.770. The van der Waals surface area contributed by atoms with Crippen molar-refractivity contribution in [3.8, 4) is 0 Å². The number of benzene rings is 1. The summed E-state index contributed by atoms with van der Waals surface area (Å²) in [6.07, 6.45) is 3.81. The van der Waals surface area contributed by atoms with Crippen molar-refractivity contribution in [1.29, 1.82) is 0 Å². The van der Waals surface area contributed by atoms with Crippen LogP contribution in [0.3, 0.4) is 0 Å². The molecule has 1 aromatic carbocycles. The number of anilines is 1. The van der Waals surface area contributed by atoms with E-state index in [1.807, 2.05) is 13.0 Å². The molecule has 3 nitrogen and oxygen atoms in total. The molecule has 18 heavy (non-hydrogen) atoms. The Kier molecular flexibility index (Phi) is 4.49. The van der Waals surface area contributed by atoms with Crippen LogP contribution in [0, 0.1) is 6.92 Å². The molecule has 100 valence electrons. The quantitative estimate of drug-likeness (QED) is 0.886. The van der Waals surface area contributed by atoms with Crippen LogP contribution in [0.1, 0.15) is 36.4 Å². The van der Waals surface area contributed by atoms with Gasteiger partial charge in [-0.1, -0.05) is 17.7 Å². The third-order valence-electron chi connectivity index (χ3n) is 3.68. The molecule has 0 aromatic heterocycles. The molecular weight excluding hydrogens is 248 g/mol. The molecular formula is C14H21ClN2O. The lowest BCUT2D eigenvalue weighted by atomic mass is 10.0. The highest BCUT2D eigenvalue weighted by Gasteiger charge is 2.18. The molecule has 1 saturated heterocycles. The molecule has 0 saturated carbocycles. The zero-order valence-corrected chi connectivity index (χ0v) is 11.6. The van der Waals surface area contributed by atoms with E-state index in [1.54, 1.807) is 0 Å². The second-order valence-electron chi connectivity index (χ2n) is 4.95. The zero-order valence-electron chi connectivity index (χ0n) is 10.8. The first kappa shape index (κ1) is 13.7. The van der Waals surface area contributed by atoms with Gasteiger partial charge in [0.2, 0.25) is 0 Å². The lowest BCUT2D eigenvalue weighted by Gasteiger charge is -2.31. The normalized spacial score (nSPS) is 17.9. The van der Waals surface area contributed by atoms with Crippen molar-refractivity contribution in [2.45, 2.75) is 32.2 Å². The van der Waals surface area contributed by atoms with Gasteiger partial charge in [0.1, 0.15) is 0 Å². The Morgan fingerprint density at radius 3 is 2.61 bits per heavy atom. The Balaban J connectivity index is 2.30. The van der Waals surface area contributed by atoms with Crippen molar-refractivity contribution in [2.75, 3.05) is 24.6 Å². The van der Waals surface area contributed by atoms with Crippen molar-refractivity contribution in [3.63, 3.8) is 0 Å². The molecule has 1 heterocycles. The average Bonchev–Trinajstić information content (AvgIpc) is 2.42. The summed E-state index contributed by atoms with van der Waals surface area (Å²) in [5.41, 5.74) is 8.95. The molecule has 1 aliphatic rings. The maximum Gasteiger partial charge on any atom is 0.0624 e. The van der Waals surface area contributed by atoms with Crippen LogP contribution in [0.15, 0.2) is 12.1 Å². The number of halogens is 1. The highest BCUT2D eigenvalue weighted by Crippen LogP contribution is 2.33. The van der Waals surface area contributed by atoms with Gasteiger partial charge in [-0.25, -0.2) is 0 Å². The molecule has 3 N–H and O–H groups in total. The minimum Gasteiger partial charge on any atom is -0.394 e. The van der Waals surface area contributed by atoms with Gasteiger partial charge in [-0.2, -0.15) is 0 Å². The summed E-state index contributed by atoms with van der Waals surface area (Å²) in [5.74, 6) is 0. The molecule has 0 unspecified atom stereocenters. The largest absolute Gasteiger partial charge is 0.394 e. The van der Waals surface area contributed by atoms with Gasteiger partial charge in [-0.3, -0.25) is 0 Å². The van der Waals surface area contributed by atoms with Gasteiger partial charge in [0.15, 0.2) is 0 Å². The van der Waals surface area contributed by atoms with E-state index < -0.39 is 6.04 Å². The van der Waals surface area contributed by atoms with E-state index in [1.165, 1.54) is 24.9 Å². The molecule has 1 atom stereocenters. The standard InChI is InChI=1S/C14H21ClN2O/c1-10-13(17-7-3-2-4-8-17)6-5-11(14(10)15)12(16)9-18/h5-6,12,18H,2-4,7-9,16H2,1H3/t12-/m1/s1. The monoisotopic (exact) mass is 268 g/mol. The second kappa shape index (κ2) is 5.91. The van der Waals surface area contributed by atoms with Gasteiger partial charge in [0.25, 0.3) is 0 Å². The van der Waals surface area contributed by atoms with E-state index in [2.05, 4.69) is 11.0 Å². The lowest BCUT2D eigenvalue weighted by Crippen LogP contribution is -2.30. The van der Waals surface area contributed by atoms with Crippen LogP contribution in [0.2, 0.25) is 5.02 Å². The minimum absolute atomic E-state index is 0.0811. The molecule has 0 spiro atoms. The SMILES string of the molecule is Cc1c(N2CCCCC2)ccc([C@H](N)CO)c1Cl. The summed E-state index contributed by atoms with van der Waals surface area (Å²) in [7, 11) is 0. The smallest absolute Gasteiger partial charge is 0.0624 e. The number of nitrogens with zero attached hydrogens (tertiary/aromatic N) is 1. The fraction of sp³-hybridized carbons (Fsp3) is 0.571. The maximum atomic E-state index is 9.13. The van der Waals surface area contributed by atoms with Crippen LogP contribution in [0.5, 0.6) is 0 Å². The van der Waals surface area contributed by atoms with Gasteiger partial charge in [-0.05, 0) is 43.4 Å². The molecule has 0 amide bonds. The molecule has 2 rings (SSSR count). The van der Waals surface area contributed by atoms with Crippen molar-refractivity contribution >= 4 is 17.3 Å². The van der Waals surface area contributed by atoms with Crippen molar-refractivity contribution in [1.82, 2.24) is 0 Å². The minimum atomic E-state index is -0.397. The first-order valence-corrected chi connectivity index (χ1v) is 6.93. The van der Waals surface area contributed by atoms with Gasteiger partial charge >= 0.3 is 0 Å². The lowest BCUT2D eigenvalue weighted by molar-refractivity contribution is 0.268. The van der Waals surface area contributed by atoms with Crippen LogP contribution in [-0.4, -0.2) is 24.8 Å². The van der Waals surface area contributed by atoms with Crippen LogP contribution in [-0.2, 0) is 0 Å². The second-order valence-corrected chi connectivity index (χ2v) is 5.33. The first-order chi connectivity index (χ1) is 8.65. The van der Waals surface area contributed by atoms with Crippen molar-refractivity contribution in [3.05, 3.63) is 28.3 Å². The van der Waals surface area contributed by atoms with Crippen LogP contribution in [0.25, 0.3) is 0 Å². The topological polar surface area (TPSA) is 49.5 Å². The van der Waals surface area contributed by atoms with Crippen LogP contribution < -0.4 is 10.6 Å². The van der Waals surface area contributed by atoms with Gasteiger partial charge < -0.3 is 15.7 Å². The maximum absolute atomic E-state index is 9.13. The summed E-state index contributed by atoms with van der Waals surface area (Å²) in [4.78, 5) is 2.39. The summed E-state index contributed by atoms with van der Waals surface area (Å²) >= 11 is 6.37. The summed E-state index contributed by atoms with van der Waals surface area (Å²) in [6.45, 7) is 4.15. The van der Waals surface area contributed by atoms with E-state index in [4.69, 9.17) is 22.4 Å². The third-order valence-corrected chi connectivity index (χ3v) is 4.18. The zero-order chi connectivity index (χ0) is 13.1.